The first-order chi connectivity index (χ1) is 29.8. The molecule has 0 bridgehead atoms. The fourth-order valence-electron chi connectivity index (χ4n) is 10.1. The van der Waals surface area contributed by atoms with Crippen LogP contribution in [0.15, 0.2) is 231 Å². The minimum absolute atomic E-state index is 0.0362. The number of aromatic nitrogens is 1. The fraction of sp³-hybridized carbons (Fsp3) is 0.0351. The predicted octanol–water partition coefficient (Wildman–Crippen LogP) is 13.2. The zero-order valence-electron chi connectivity index (χ0n) is 32.9. The van der Waals surface area contributed by atoms with E-state index in [1.165, 1.54) is 71.9 Å². The monoisotopic (exact) mass is 766 g/mol. The summed E-state index contributed by atoms with van der Waals surface area (Å²) in [4.78, 5) is 0. The third kappa shape index (κ3) is 5.12. The predicted molar refractivity (Wildman–Crippen MR) is 246 cm³/mol. The summed E-state index contributed by atoms with van der Waals surface area (Å²) in [7, 11) is 0. The SMILES string of the molecule is c1ccc(-c2ccc3c(c2)c2cc4c(cc2n3-c2cccc(C3=[N+](c5ccccc5)C(c5ccccc5)N3)c2)-c2ccccc2C4(c2ccccc2)c2ccccc2)cc1. The van der Waals surface area contributed by atoms with Gasteiger partial charge < -0.3 is 4.57 Å². The van der Waals surface area contributed by atoms with Gasteiger partial charge in [0.1, 0.15) is 5.69 Å². The van der Waals surface area contributed by atoms with Crippen molar-refractivity contribution in [3.63, 3.8) is 0 Å². The Kier molecular flexibility index (Phi) is 7.82. The van der Waals surface area contributed by atoms with Crippen LogP contribution in [0, 0.1) is 0 Å². The van der Waals surface area contributed by atoms with E-state index in [1.54, 1.807) is 0 Å². The smallest absolute Gasteiger partial charge is 0.289 e. The molecule has 0 spiro atoms. The van der Waals surface area contributed by atoms with E-state index < -0.39 is 5.41 Å². The maximum atomic E-state index is 3.85. The Balaban J connectivity index is 1.13. The Morgan fingerprint density at radius 1 is 0.417 bits per heavy atom. The summed E-state index contributed by atoms with van der Waals surface area (Å²) in [6.07, 6.45) is 0.0362. The number of para-hydroxylation sites is 1. The van der Waals surface area contributed by atoms with Crippen LogP contribution in [0.5, 0.6) is 0 Å². The molecule has 3 nitrogen and oxygen atoms in total. The molecule has 1 aliphatic carbocycles. The highest BCUT2D eigenvalue weighted by Crippen LogP contribution is 2.57. The van der Waals surface area contributed by atoms with Crippen molar-refractivity contribution in [1.29, 1.82) is 0 Å². The Hall–Kier alpha value is -7.75. The molecule has 282 valence electrons. The normalized spacial score (nSPS) is 15.0. The first kappa shape index (κ1) is 34.3. The summed E-state index contributed by atoms with van der Waals surface area (Å²) in [5.41, 5.74) is 16.6. The molecule has 1 aromatic heterocycles. The van der Waals surface area contributed by atoms with E-state index in [2.05, 4.69) is 245 Å². The van der Waals surface area contributed by atoms with Gasteiger partial charge in [-0.15, -0.1) is 0 Å². The van der Waals surface area contributed by atoms with Gasteiger partial charge in [-0.3, -0.25) is 0 Å². The van der Waals surface area contributed by atoms with E-state index in [1.807, 2.05) is 0 Å². The molecule has 60 heavy (non-hydrogen) atoms. The van der Waals surface area contributed by atoms with Crippen molar-refractivity contribution < 1.29 is 4.58 Å². The van der Waals surface area contributed by atoms with Crippen LogP contribution in [-0.2, 0) is 5.41 Å². The molecule has 10 aromatic rings. The van der Waals surface area contributed by atoms with Crippen molar-refractivity contribution in [1.82, 2.24) is 9.88 Å². The lowest BCUT2D eigenvalue weighted by Gasteiger charge is -2.34. The van der Waals surface area contributed by atoms with Gasteiger partial charge in [-0.05, 0) is 99.1 Å². The lowest BCUT2D eigenvalue weighted by molar-refractivity contribution is -0.531. The molecule has 9 aromatic carbocycles. The van der Waals surface area contributed by atoms with Crippen molar-refractivity contribution >= 4 is 33.3 Å². The molecule has 1 aliphatic heterocycles. The van der Waals surface area contributed by atoms with Gasteiger partial charge in [0.05, 0.1) is 22.0 Å². The van der Waals surface area contributed by atoms with E-state index in [9.17, 15) is 0 Å². The van der Waals surface area contributed by atoms with E-state index in [0.29, 0.717) is 0 Å². The summed E-state index contributed by atoms with van der Waals surface area (Å²) < 4.78 is 4.90. The van der Waals surface area contributed by atoms with Crippen molar-refractivity contribution in [3.8, 4) is 27.9 Å². The zero-order chi connectivity index (χ0) is 39.6. The molecule has 2 heterocycles. The molecule has 3 heteroatoms. The molecular formula is C57H40N3+. The van der Waals surface area contributed by atoms with E-state index in [4.69, 9.17) is 0 Å². The largest absolute Gasteiger partial charge is 0.309 e. The van der Waals surface area contributed by atoms with E-state index in [-0.39, 0.29) is 6.17 Å². The van der Waals surface area contributed by atoms with Gasteiger partial charge in [-0.1, -0.05) is 176 Å². The summed E-state index contributed by atoms with van der Waals surface area (Å²) in [6.45, 7) is 0. The lowest BCUT2D eigenvalue weighted by Crippen LogP contribution is -2.51. The molecule has 0 radical (unpaired) electrons. The maximum absolute atomic E-state index is 3.85. The molecule has 0 amide bonds. The van der Waals surface area contributed by atoms with Gasteiger partial charge in [-0.25, -0.2) is 5.32 Å². The van der Waals surface area contributed by atoms with Gasteiger partial charge in [0.2, 0.25) is 0 Å². The number of amidine groups is 1. The Labute approximate surface area is 349 Å². The van der Waals surface area contributed by atoms with Gasteiger partial charge in [0.25, 0.3) is 12.0 Å². The third-order valence-electron chi connectivity index (χ3n) is 12.8. The number of nitrogens with one attached hydrogen (secondary N) is 1. The van der Waals surface area contributed by atoms with Crippen molar-refractivity contribution in [2.24, 2.45) is 0 Å². The minimum Gasteiger partial charge on any atom is -0.309 e. The molecular weight excluding hydrogens is 727 g/mol. The quantitative estimate of drug-likeness (QED) is 0.160. The van der Waals surface area contributed by atoms with Crippen molar-refractivity contribution in [2.75, 3.05) is 0 Å². The van der Waals surface area contributed by atoms with Crippen molar-refractivity contribution in [2.45, 2.75) is 11.6 Å². The first-order valence-corrected chi connectivity index (χ1v) is 20.8. The van der Waals surface area contributed by atoms with Crippen LogP contribution in [0.4, 0.5) is 5.69 Å². The zero-order valence-corrected chi connectivity index (χ0v) is 32.9. The molecule has 0 fully saturated rings. The average Bonchev–Trinajstić information content (AvgIpc) is 3.79. The highest BCUT2D eigenvalue weighted by molar-refractivity contribution is 6.13. The van der Waals surface area contributed by atoms with Gasteiger partial charge in [0.15, 0.2) is 0 Å². The van der Waals surface area contributed by atoms with Crippen LogP contribution < -0.4 is 5.32 Å². The third-order valence-corrected chi connectivity index (χ3v) is 12.8. The second-order valence-corrected chi connectivity index (χ2v) is 15.9. The Morgan fingerprint density at radius 3 is 1.73 bits per heavy atom. The number of benzene rings is 9. The maximum Gasteiger partial charge on any atom is 0.289 e. The molecule has 0 saturated carbocycles. The minimum atomic E-state index is -0.489. The Morgan fingerprint density at radius 2 is 1.02 bits per heavy atom. The van der Waals surface area contributed by atoms with Crippen LogP contribution in [0.3, 0.4) is 0 Å². The standard InChI is InChI=1S/C57H39N3/c1-6-19-39(20-7-1)41-33-34-53-49(36-41)50-37-52-48(47-31-16-17-32-51(47)57(52,43-24-10-3-11-25-43)44-26-12-4-13-27-44)38-54(50)59(53)46-30-18-23-42(35-46)56-58-55(40-21-8-2-9-22-40)60(56)45-28-14-5-15-29-45/h1-38,55H/p+1. The fourth-order valence-corrected chi connectivity index (χ4v) is 10.1. The van der Waals surface area contributed by atoms with Gasteiger partial charge in [-0.2, -0.15) is 4.58 Å². The Bertz CT molecular complexity index is 3220. The molecule has 1 unspecified atom stereocenters. The summed E-state index contributed by atoms with van der Waals surface area (Å²) in [6, 6.07) is 84.4. The van der Waals surface area contributed by atoms with Crippen LogP contribution in [-0.4, -0.2) is 15.0 Å². The second-order valence-electron chi connectivity index (χ2n) is 15.9. The van der Waals surface area contributed by atoms with Crippen LogP contribution in [0.25, 0.3) is 49.7 Å². The molecule has 0 saturated heterocycles. The lowest BCUT2D eigenvalue weighted by atomic mass is 9.67. The summed E-state index contributed by atoms with van der Waals surface area (Å²) >= 11 is 0. The first-order valence-electron chi connectivity index (χ1n) is 20.8. The van der Waals surface area contributed by atoms with Gasteiger partial charge >= 0.3 is 0 Å². The van der Waals surface area contributed by atoms with Crippen LogP contribution in [0.1, 0.15) is 39.5 Å². The van der Waals surface area contributed by atoms with Crippen LogP contribution in [0.2, 0.25) is 0 Å². The number of hydrogen-bond acceptors (Lipinski definition) is 1. The second kappa shape index (κ2) is 13.7. The highest BCUT2D eigenvalue weighted by atomic mass is 15.3. The number of rotatable bonds is 7. The molecule has 2 aliphatic rings. The topological polar surface area (TPSA) is 20.0 Å². The van der Waals surface area contributed by atoms with E-state index >= 15 is 0 Å². The molecule has 1 atom stereocenters. The summed E-state index contributed by atoms with van der Waals surface area (Å²) in [5, 5.41) is 6.32. The van der Waals surface area contributed by atoms with E-state index in [0.717, 1.165) is 22.8 Å². The van der Waals surface area contributed by atoms with Gasteiger partial charge in [0, 0.05) is 22.0 Å². The molecule has 12 rings (SSSR count). The number of hydrogen-bond donors (Lipinski definition) is 1. The number of nitrogens with zero attached hydrogens (tertiary/aromatic N) is 2. The summed E-state index contributed by atoms with van der Waals surface area (Å²) in [5.74, 6) is 1.09. The van der Waals surface area contributed by atoms with Crippen LogP contribution >= 0.6 is 0 Å². The number of fused-ring (bicyclic) bond motifs is 6. The molecule has 1 N–H and O–H groups in total. The van der Waals surface area contributed by atoms with Crippen molar-refractivity contribution in [3.05, 3.63) is 264 Å². The average molecular weight is 767 g/mol. The highest BCUT2D eigenvalue weighted by Gasteiger charge is 2.46.